The van der Waals surface area contributed by atoms with Crippen molar-refractivity contribution in [3.05, 3.63) is 76.5 Å². The Hall–Kier alpha value is -3.52. The van der Waals surface area contributed by atoms with E-state index in [-0.39, 0.29) is 12.5 Å². The number of nitrogens with zero attached hydrogens (tertiary/aromatic N) is 2. The maximum absolute atomic E-state index is 13.6. The third-order valence-electron chi connectivity index (χ3n) is 5.04. The number of aromatic amines is 1. The van der Waals surface area contributed by atoms with Crippen molar-refractivity contribution in [1.82, 2.24) is 9.97 Å². The zero-order valence-electron chi connectivity index (χ0n) is 17.9. The van der Waals surface area contributed by atoms with E-state index in [2.05, 4.69) is 25.9 Å². The summed E-state index contributed by atoms with van der Waals surface area (Å²) in [5, 5.41) is 0. The Morgan fingerprint density at radius 2 is 1.62 bits per heavy atom. The molecule has 4 aromatic rings. The van der Waals surface area contributed by atoms with E-state index in [0.717, 1.165) is 15.5 Å². The predicted molar refractivity (Wildman–Crippen MR) is 127 cm³/mol. The Balaban J connectivity index is 1.81. The minimum absolute atomic E-state index is 0.188. The highest BCUT2D eigenvalue weighted by atomic mass is 79.9. The first-order valence-electron chi connectivity index (χ1n) is 9.85. The zero-order valence-corrected chi connectivity index (χ0v) is 19.5. The number of amides is 1. The Morgan fingerprint density at radius 1 is 0.969 bits per heavy atom. The number of halogens is 1. The van der Waals surface area contributed by atoms with Gasteiger partial charge in [-0.2, -0.15) is 0 Å². The molecule has 0 unspecified atom stereocenters. The van der Waals surface area contributed by atoms with Gasteiger partial charge in [0, 0.05) is 22.2 Å². The van der Waals surface area contributed by atoms with Gasteiger partial charge in [-0.25, -0.2) is 4.98 Å². The number of anilines is 1. The fourth-order valence-electron chi connectivity index (χ4n) is 3.48. The van der Waals surface area contributed by atoms with Crippen LogP contribution in [0.15, 0.2) is 65.1 Å². The normalized spacial score (nSPS) is 10.8. The third kappa shape index (κ3) is 4.27. The first kappa shape index (κ1) is 21.7. The van der Waals surface area contributed by atoms with Crippen molar-refractivity contribution in [2.24, 2.45) is 0 Å². The molecule has 0 bridgehead atoms. The van der Waals surface area contributed by atoms with Crippen molar-refractivity contribution in [3.63, 3.8) is 0 Å². The van der Waals surface area contributed by atoms with Crippen LogP contribution in [0.1, 0.15) is 16.2 Å². The molecule has 0 aliphatic heterocycles. The lowest BCUT2D eigenvalue weighted by atomic mass is 10.1. The second-order valence-electron chi connectivity index (χ2n) is 6.98. The molecule has 0 spiro atoms. The van der Waals surface area contributed by atoms with Gasteiger partial charge in [0.25, 0.3) is 5.91 Å². The van der Waals surface area contributed by atoms with E-state index in [0.29, 0.717) is 34.3 Å². The van der Waals surface area contributed by atoms with Crippen molar-refractivity contribution in [3.8, 4) is 17.2 Å². The number of ether oxygens (including phenoxy) is 3. The topological polar surface area (TPSA) is 76.7 Å². The summed E-state index contributed by atoms with van der Waals surface area (Å²) in [7, 11) is 4.63. The molecule has 0 saturated heterocycles. The molecule has 8 heteroatoms. The van der Waals surface area contributed by atoms with E-state index in [1.165, 1.54) is 0 Å². The predicted octanol–water partition coefficient (Wildman–Crippen LogP) is 5.20. The van der Waals surface area contributed by atoms with Crippen LogP contribution >= 0.6 is 15.9 Å². The van der Waals surface area contributed by atoms with Crippen molar-refractivity contribution in [2.75, 3.05) is 26.2 Å². The number of para-hydroxylation sites is 2. The summed E-state index contributed by atoms with van der Waals surface area (Å²) in [6.07, 6.45) is 0. The summed E-state index contributed by atoms with van der Waals surface area (Å²) in [6.45, 7) is 0.224. The number of hydrogen-bond donors (Lipinski definition) is 1. The number of hydrogen-bond acceptors (Lipinski definition) is 5. The quantitative estimate of drug-likeness (QED) is 0.381. The Labute approximate surface area is 194 Å². The molecule has 0 aliphatic carbocycles. The fraction of sp³-hybridized carbons (Fsp3) is 0.167. The van der Waals surface area contributed by atoms with Crippen LogP contribution in [0.5, 0.6) is 17.2 Å². The van der Waals surface area contributed by atoms with Crippen LogP contribution in [0.4, 0.5) is 5.69 Å². The summed E-state index contributed by atoms with van der Waals surface area (Å²) in [4.78, 5) is 23.2. The molecule has 3 aromatic carbocycles. The SMILES string of the molecule is COc1cc(N(Cc2nc3ccccc3[nH]2)C(=O)c2ccc(Br)cc2)cc(OC)c1OC. The van der Waals surface area contributed by atoms with Crippen LogP contribution in [0.3, 0.4) is 0 Å². The van der Waals surface area contributed by atoms with Gasteiger partial charge in [0.2, 0.25) is 5.75 Å². The van der Waals surface area contributed by atoms with Gasteiger partial charge in [-0.05, 0) is 36.4 Å². The Bertz CT molecular complexity index is 1200. The van der Waals surface area contributed by atoms with Gasteiger partial charge in [0.15, 0.2) is 11.5 Å². The molecule has 0 saturated carbocycles. The summed E-state index contributed by atoms with van der Waals surface area (Å²) in [6, 6.07) is 18.5. The summed E-state index contributed by atoms with van der Waals surface area (Å²) in [5.74, 6) is 1.84. The number of nitrogens with one attached hydrogen (secondary N) is 1. The van der Waals surface area contributed by atoms with Crippen molar-refractivity contribution in [1.29, 1.82) is 0 Å². The van der Waals surface area contributed by atoms with Crippen LogP contribution in [-0.4, -0.2) is 37.2 Å². The van der Waals surface area contributed by atoms with Crippen LogP contribution in [0.2, 0.25) is 0 Å². The van der Waals surface area contributed by atoms with Crippen molar-refractivity contribution >= 4 is 38.6 Å². The Morgan fingerprint density at radius 3 is 2.22 bits per heavy atom. The van der Waals surface area contributed by atoms with E-state index < -0.39 is 0 Å². The second kappa shape index (κ2) is 9.32. The number of methoxy groups -OCH3 is 3. The molecule has 0 fully saturated rings. The fourth-order valence-corrected chi connectivity index (χ4v) is 3.75. The number of fused-ring (bicyclic) bond motifs is 1. The van der Waals surface area contributed by atoms with Crippen LogP contribution < -0.4 is 19.1 Å². The lowest BCUT2D eigenvalue weighted by Crippen LogP contribution is -2.31. The first-order valence-corrected chi connectivity index (χ1v) is 10.6. The monoisotopic (exact) mass is 495 g/mol. The smallest absolute Gasteiger partial charge is 0.258 e. The van der Waals surface area contributed by atoms with E-state index in [1.807, 2.05) is 36.4 Å². The largest absolute Gasteiger partial charge is 0.493 e. The molecule has 7 nitrogen and oxygen atoms in total. The highest BCUT2D eigenvalue weighted by Gasteiger charge is 2.23. The minimum Gasteiger partial charge on any atom is -0.493 e. The van der Waals surface area contributed by atoms with Gasteiger partial charge < -0.3 is 24.1 Å². The molecule has 1 heterocycles. The number of aromatic nitrogens is 2. The molecule has 1 N–H and O–H groups in total. The van der Waals surface area contributed by atoms with E-state index in [1.54, 1.807) is 50.5 Å². The molecular weight excluding hydrogens is 474 g/mol. The molecular formula is C24H22BrN3O4. The first-order chi connectivity index (χ1) is 15.5. The number of carbonyl (C=O) groups excluding carboxylic acids is 1. The second-order valence-corrected chi connectivity index (χ2v) is 7.90. The number of imidazole rings is 1. The molecule has 1 aromatic heterocycles. The maximum atomic E-state index is 13.6. The number of carbonyl (C=O) groups is 1. The summed E-state index contributed by atoms with van der Waals surface area (Å²) >= 11 is 3.42. The van der Waals surface area contributed by atoms with Gasteiger partial charge in [-0.15, -0.1) is 0 Å². The molecule has 4 rings (SSSR count). The molecule has 0 atom stereocenters. The van der Waals surface area contributed by atoms with Crippen LogP contribution in [0, 0.1) is 0 Å². The Kier molecular flexibility index (Phi) is 6.32. The van der Waals surface area contributed by atoms with E-state index in [4.69, 9.17) is 14.2 Å². The van der Waals surface area contributed by atoms with E-state index in [9.17, 15) is 4.79 Å². The van der Waals surface area contributed by atoms with Gasteiger partial charge in [0.1, 0.15) is 5.82 Å². The number of benzene rings is 3. The van der Waals surface area contributed by atoms with Gasteiger partial charge in [0.05, 0.1) is 44.6 Å². The summed E-state index contributed by atoms with van der Waals surface area (Å²) < 4.78 is 17.3. The number of H-pyrrole nitrogens is 1. The van der Waals surface area contributed by atoms with Crippen LogP contribution in [0.25, 0.3) is 11.0 Å². The average Bonchev–Trinajstić information content (AvgIpc) is 3.24. The zero-order chi connectivity index (χ0) is 22.7. The highest BCUT2D eigenvalue weighted by Crippen LogP contribution is 2.41. The third-order valence-corrected chi connectivity index (χ3v) is 5.57. The molecule has 32 heavy (non-hydrogen) atoms. The minimum atomic E-state index is -0.188. The van der Waals surface area contributed by atoms with Gasteiger partial charge in [-0.1, -0.05) is 28.1 Å². The van der Waals surface area contributed by atoms with Crippen LogP contribution in [-0.2, 0) is 6.54 Å². The van der Waals surface area contributed by atoms with Crippen molar-refractivity contribution < 1.29 is 19.0 Å². The summed E-state index contributed by atoms with van der Waals surface area (Å²) in [5.41, 5.74) is 2.87. The molecule has 164 valence electrons. The average molecular weight is 496 g/mol. The number of rotatable bonds is 7. The van der Waals surface area contributed by atoms with Gasteiger partial charge >= 0.3 is 0 Å². The van der Waals surface area contributed by atoms with Crippen molar-refractivity contribution in [2.45, 2.75) is 6.54 Å². The molecule has 0 radical (unpaired) electrons. The lowest BCUT2D eigenvalue weighted by Gasteiger charge is -2.24. The maximum Gasteiger partial charge on any atom is 0.258 e. The highest BCUT2D eigenvalue weighted by molar-refractivity contribution is 9.10. The molecule has 1 amide bonds. The molecule has 0 aliphatic rings. The standard InChI is InChI=1S/C24H22BrN3O4/c1-30-20-12-17(13-21(31-2)23(20)32-3)28(24(29)15-8-10-16(25)11-9-15)14-22-26-18-6-4-5-7-19(18)27-22/h4-13H,14H2,1-3H3,(H,26,27). The lowest BCUT2D eigenvalue weighted by molar-refractivity contribution is 0.0984. The van der Waals surface area contributed by atoms with Gasteiger partial charge in [-0.3, -0.25) is 4.79 Å². The van der Waals surface area contributed by atoms with E-state index >= 15 is 0 Å².